The topological polar surface area (TPSA) is 45.2 Å². The number of carbonyl (C=O) groups excluding carboxylic acids is 1. The molecule has 0 radical (unpaired) electrons. The van der Waals surface area contributed by atoms with Crippen molar-refractivity contribution in [2.75, 3.05) is 18.4 Å². The highest BCUT2D eigenvalue weighted by molar-refractivity contribution is 7.18. The van der Waals surface area contributed by atoms with Gasteiger partial charge in [0.1, 0.15) is 5.01 Å². The molecule has 1 amide bonds. The number of thiazole rings is 1. The van der Waals surface area contributed by atoms with Crippen molar-refractivity contribution in [2.45, 2.75) is 25.3 Å². The standard InChI is InChI=1S/C20H20ClN3OS/c21-14-7-1-2-8-15(14)22-19(25)13-24-12-6-5-10-17(24)20-23-16-9-3-4-11-18(16)26-20/h1-4,7-9,11,17H,5-6,10,12-13H2,(H,22,25)/t17-/m1/s1. The van der Waals surface area contributed by atoms with Crippen LogP contribution in [0.4, 0.5) is 5.69 Å². The van der Waals surface area contributed by atoms with E-state index in [0.717, 1.165) is 29.9 Å². The Morgan fingerprint density at radius 2 is 2.00 bits per heavy atom. The van der Waals surface area contributed by atoms with E-state index in [2.05, 4.69) is 16.3 Å². The highest BCUT2D eigenvalue weighted by Crippen LogP contribution is 2.35. The summed E-state index contributed by atoms with van der Waals surface area (Å²) < 4.78 is 1.20. The third-order valence-electron chi connectivity index (χ3n) is 4.70. The Balaban J connectivity index is 1.50. The molecule has 1 aliphatic heterocycles. The summed E-state index contributed by atoms with van der Waals surface area (Å²) in [6.45, 7) is 1.27. The quantitative estimate of drug-likeness (QED) is 0.678. The largest absolute Gasteiger partial charge is 0.324 e. The van der Waals surface area contributed by atoms with Gasteiger partial charge in [-0.15, -0.1) is 11.3 Å². The highest BCUT2D eigenvalue weighted by atomic mass is 35.5. The van der Waals surface area contributed by atoms with E-state index < -0.39 is 0 Å². The van der Waals surface area contributed by atoms with E-state index in [4.69, 9.17) is 16.6 Å². The molecule has 1 fully saturated rings. The fourth-order valence-electron chi connectivity index (χ4n) is 3.43. The van der Waals surface area contributed by atoms with Gasteiger partial charge in [-0.25, -0.2) is 4.98 Å². The Morgan fingerprint density at radius 1 is 1.19 bits per heavy atom. The minimum atomic E-state index is -0.0360. The number of hydrogen-bond acceptors (Lipinski definition) is 4. The highest BCUT2D eigenvalue weighted by Gasteiger charge is 2.28. The van der Waals surface area contributed by atoms with Crippen molar-refractivity contribution in [3.63, 3.8) is 0 Å². The van der Waals surface area contributed by atoms with Crippen LogP contribution < -0.4 is 5.32 Å². The Kier molecular flexibility index (Phi) is 5.20. The summed E-state index contributed by atoms with van der Waals surface area (Å²) in [5.74, 6) is -0.0360. The van der Waals surface area contributed by atoms with Gasteiger partial charge in [0.25, 0.3) is 0 Å². The zero-order valence-electron chi connectivity index (χ0n) is 14.3. The number of nitrogens with one attached hydrogen (secondary N) is 1. The normalized spacial score (nSPS) is 18.1. The molecule has 134 valence electrons. The maximum atomic E-state index is 12.6. The van der Waals surface area contributed by atoms with E-state index in [1.165, 1.54) is 11.1 Å². The van der Waals surface area contributed by atoms with Gasteiger partial charge in [-0.2, -0.15) is 0 Å². The number of para-hydroxylation sites is 2. The summed E-state index contributed by atoms with van der Waals surface area (Å²) in [6.07, 6.45) is 3.32. The van der Waals surface area contributed by atoms with E-state index in [9.17, 15) is 4.79 Å². The predicted octanol–water partition coefficient (Wildman–Crippen LogP) is 5.12. The Labute approximate surface area is 161 Å². The molecule has 1 atom stereocenters. The second-order valence-electron chi connectivity index (χ2n) is 6.53. The minimum Gasteiger partial charge on any atom is -0.324 e. The molecule has 3 aromatic rings. The van der Waals surface area contributed by atoms with E-state index in [0.29, 0.717) is 17.3 Å². The van der Waals surface area contributed by atoms with Crippen LogP contribution in [0.25, 0.3) is 10.2 Å². The number of nitrogens with zero attached hydrogens (tertiary/aromatic N) is 2. The maximum absolute atomic E-state index is 12.6. The molecule has 1 saturated heterocycles. The average molecular weight is 386 g/mol. The molecule has 0 aliphatic carbocycles. The first-order valence-corrected chi connectivity index (χ1v) is 10.0. The van der Waals surface area contributed by atoms with Gasteiger partial charge in [0.2, 0.25) is 5.91 Å². The Hall–Kier alpha value is -1.95. The first-order valence-electron chi connectivity index (χ1n) is 8.84. The lowest BCUT2D eigenvalue weighted by atomic mass is 10.0. The molecule has 1 aromatic heterocycles. The van der Waals surface area contributed by atoms with Crippen LogP contribution in [-0.4, -0.2) is 28.9 Å². The Morgan fingerprint density at radius 3 is 2.85 bits per heavy atom. The molecular formula is C20H20ClN3OS. The van der Waals surface area contributed by atoms with Crippen LogP contribution in [0.3, 0.4) is 0 Å². The van der Waals surface area contributed by atoms with Crippen molar-refractivity contribution in [2.24, 2.45) is 0 Å². The maximum Gasteiger partial charge on any atom is 0.238 e. The van der Waals surface area contributed by atoms with E-state index in [1.54, 1.807) is 17.4 Å². The summed E-state index contributed by atoms with van der Waals surface area (Å²) in [6, 6.07) is 15.7. The smallest absolute Gasteiger partial charge is 0.238 e. The second kappa shape index (κ2) is 7.74. The van der Waals surface area contributed by atoms with Crippen LogP contribution in [0, 0.1) is 0 Å². The molecule has 1 aliphatic rings. The van der Waals surface area contributed by atoms with Gasteiger partial charge in [0.05, 0.1) is 33.5 Å². The lowest BCUT2D eigenvalue weighted by Gasteiger charge is -2.33. The zero-order chi connectivity index (χ0) is 17.9. The summed E-state index contributed by atoms with van der Waals surface area (Å²) in [4.78, 5) is 19.6. The second-order valence-corrected chi connectivity index (χ2v) is 8.00. The molecule has 4 nitrogen and oxygen atoms in total. The van der Waals surface area contributed by atoms with Gasteiger partial charge in [-0.3, -0.25) is 9.69 Å². The molecule has 0 saturated carbocycles. The number of amides is 1. The number of anilines is 1. The zero-order valence-corrected chi connectivity index (χ0v) is 15.9. The van der Waals surface area contributed by atoms with E-state index in [-0.39, 0.29) is 11.9 Å². The molecule has 6 heteroatoms. The van der Waals surface area contributed by atoms with E-state index >= 15 is 0 Å². The number of piperidine rings is 1. The van der Waals surface area contributed by atoms with Gasteiger partial charge in [-0.05, 0) is 43.7 Å². The van der Waals surface area contributed by atoms with Crippen LogP contribution in [0.1, 0.15) is 30.3 Å². The summed E-state index contributed by atoms with van der Waals surface area (Å²) in [5.41, 5.74) is 1.70. The lowest BCUT2D eigenvalue weighted by molar-refractivity contribution is -0.118. The summed E-state index contributed by atoms with van der Waals surface area (Å²) in [5, 5.41) is 4.59. The number of halogens is 1. The van der Waals surface area contributed by atoms with Gasteiger partial charge in [0, 0.05) is 0 Å². The van der Waals surface area contributed by atoms with Crippen molar-refractivity contribution in [3.8, 4) is 0 Å². The van der Waals surface area contributed by atoms with E-state index in [1.807, 2.05) is 36.4 Å². The number of rotatable bonds is 4. The number of hydrogen-bond donors (Lipinski definition) is 1. The molecule has 4 rings (SSSR count). The molecule has 2 aromatic carbocycles. The predicted molar refractivity (Wildman–Crippen MR) is 108 cm³/mol. The molecule has 0 unspecified atom stereocenters. The van der Waals surface area contributed by atoms with Crippen LogP contribution in [0.15, 0.2) is 48.5 Å². The number of carbonyl (C=O) groups is 1. The van der Waals surface area contributed by atoms with Gasteiger partial charge in [-0.1, -0.05) is 42.3 Å². The fraction of sp³-hybridized carbons (Fsp3) is 0.300. The van der Waals surface area contributed by atoms with Crippen LogP contribution in [0.2, 0.25) is 5.02 Å². The van der Waals surface area contributed by atoms with Crippen molar-refractivity contribution in [3.05, 3.63) is 58.6 Å². The molecule has 1 N–H and O–H groups in total. The number of fused-ring (bicyclic) bond motifs is 1. The fourth-order valence-corrected chi connectivity index (χ4v) is 4.75. The molecule has 0 bridgehead atoms. The van der Waals surface area contributed by atoms with Gasteiger partial charge >= 0.3 is 0 Å². The molecule has 26 heavy (non-hydrogen) atoms. The summed E-state index contributed by atoms with van der Waals surface area (Å²) >= 11 is 7.88. The monoisotopic (exact) mass is 385 g/mol. The van der Waals surface area contributed by atoms with Crippen LogP contribution >= 0.6 is 22.9 Å². The van der Waals surface area contributed by atoms with Gasteiger partial charge in [0.15, 0.2) is 0 Å². The third kappa shape index (κ3) is 3.75. The molecule has 2 heterocycles. The first kappa shape index (κ1) is 17.5. The average Bonchev–Trinajstić information content (AvgIpc) is 3.08. The molecule has 0 spiro atoms. The lowest BCUT2D eigenvalue weighted by Crippen LogP contribution is -2.39. The summed E-state index contributed by atoms with van der Waals surface area (Å²) in [7, 11) is 0. The Bertz CT molecular complexity index is 893. The molecular weight excluding hydrogens is 366 g/mol. The van der Waals surface area contributed by atoms with Crippen molar-refractivity contribution in [1.29, 1.82) is 0 Å². The SMILES string of the molecule is O=C(CN1CCCC[C@@H]1c1nc2ccccc2s1)Nc1ccccc1Cl. The van der Waals surface area contributed by atoms with Crippen molar-refractivity contribution < 1.29 is 4.79 Å². The van der Waals surface area contributed by atoms with Crippen molar-refractivity contribution in [1.82, 2.24) is 9.88 Å². The first-order chi connectivity index (χ1) is 12.7. The third-order valence-corrected chi connectivity index (χ3v) is 6.17. The number of likely N-dealkylation sites (tertiary alicyclic amines) is 1. The van der Waals surface area contributed by atoms with Gasteiger partial charge < -0.3 is 5.32 Å². The van der Waals surface area contributed by atoms with Crippen LogP contribution in [-0.2, 0) is 4.79 Å². The number of aromatic nitrogens is 1. The number of benzene rings is 2. The minimum absolute atomic E-state index is 0.0360. The van der Waals surface area contributed by atoms with Crippen molar-refractivity contribution >= 4 is 44.7 Å². The van der Waals surface area contributed by atoms with Crippen LogP contribution in [0.5, 0.6) is 0 Å².